The number of primary amides is 1. The highest BCUT2D eigenvalue weighted by molar-refractivity contribution is 5.92. The zero-order valence-electron chi connectivity index (χ0n) is 12.3. The number of halogens is 2. The molecule has 0 aliphatic carbocycles. The third-order valence-corrected chi connectivity index (χ3v) is 4.22. The number of hydrogen-bond acceptors (Lipinski definition) is 3. The van der Waals surface area contributed by atoms with Crippen molar-refractivity contribution in [3.8, 4) is 0 Å². The number of anilines is 1. The third kappa shape index (κ3) is 2.49. The molecule has 1 aliphatic rings. The number of carbonyl (C=O) groups is 1. The summed E-state index contributed by atoms with van der Waals surface area (Å²) in [5.74, 6) is -2.21. The van der Waals surface area contributed by atoms with E-state index in [9.17, 15) is 13.6 Å². The number of nitrogens with two attached hydrogens (primary N) is 1. The molecule has 0 spiro atoms. The molecule has 2 N–H and O–H groups in total. The molecule has 116 valence electrons. The van der Waals surface area contributed by atoms with E-state index in [1.807, 2.05) is 6.07 Å². The van der Waals surface area contributed by atoms with Crippen LogP contribution in [0, 0.1) is 24.5 Å². The lowest BCUT2D eigenvalue weighted by Crippen LogP contribution is -2.38. The Labute approximate surface area is 126 Å². The van der Waals surface area contributed by atoms with Crippen molar-refractivity contribution in [1.29, 1.82) is 0 Å². The normalized spacial score (nSPS) is 16.2. The first-order chi connectivity index (χ1) is 10.5. The molecule has 1 saturated heterocycles. The van der Waals surface area contributed by atoms with Gasteiger partial charge in [0, 0.05) is 35.8 Å². The fourth-order valence-electron chi connectivity index (χ4n) is 3.01. The molecule has 1 aliphatic heterocycles. The van der Waals surface area contributed by atoms with Crippen molar-refractivity contribution in [3.05, 3.63) is 35.5 Å². The highest BCUT2D eigenvalue weighted by Crippen LogP contribution is 2.32. The van der Waals surface area contributed by atoms with Gasteiger partial charge in [-0.1, -0.05) is 0 Å². The summed E-state index contributed by atoms with van der Waals surface area (Å²) < 4.78 is 27.4. The fraction of sp³-hybridized carbons (Fsp3) is 0.375. The highest BCUT2D eigenvalue weighted by atomic mass is 19.2. The van der Waals surface area contributed by atoms with E-state index in [1.54, 1.807) is 13.0 Å². The summed E-state index contributed by atoms with van der Waals surface area (Å²) in [4.78, 5) is 17.4. The van der Waals surface area contributed by atoms with Crippen LogP contribution < -0.4 is 10.6 Å². The zero-order valence-corrected chi connectivity index (χ0v) is 12.3. The van der Waals surface area contributed by atoms with Crippen molar-refractivity contribution >= 4 is 22.5 Å². The van der Waals surface area contributed by atoms with Gasteiger partial charge in [-0.2, -0.15) is 0 Å². The quantitative estimate of drug-likeness (QED) is 0.927. The topological polar surface area (TPSA) is 59.2 Å². The summed E-state index contributed by atoms with van der Waals surface area (Å²) in [6.45, 7) is 3.07. The van der Waals surface area contributed by atoms with Gasteiger partial charge >= 0.3 is 0 Å². The Balaban J connectivity index is 2.01. The maximum atomic E-state index is 14.0. The molecule has 1 aromatic carbocycles. The Hall–Kier alpha value is -2.24. The maximum absolute atomic E-state index is 14.0. The molecule has 6 heteroatoms. The third-order valence-electron chi connectivity index (χ3n) is 4.22. The van der Waals surface area contributed by atoms with Crippen LogP contribution in [0.3, 0.4) is 0 Å². The lowest BCUT2D eigenvalue weighted by atomic mass is 9.95. The fourth-order valence-corrected chi connectivity index (χ4v) is 3.01. The Morgan fingerprint density at radius 3 is 2.64 bits per heavy atom. The Morgan fingerprint density at radius 2 is 2.00 bits per heavy atom. The number of hydrogen-bond donors (Lipinski definition) is 1. The summed E-state index contributed by atoms with van der Waals surface area (Å²) in [6.07, 6.45) is 1.34. The minimum atomic E-state index is -0.922. The molecule has 1 aromatic heterocycles. The van der Waals surface area contributed by atoms with Crippen LogP contribution in [-0.2, 0) is 4.79 Å². The minimum Gasteiger partial charge on any atom is -0.371 e. The minimum absolute atomic E-state index is 0.0482. The summed E-state index contributed by atoms with van der Waals surface area (Å²) in [5, 5.41) is 0.585. The van der Waals surface area contributed by atoms with Gasteiger partial charge < -0.3 is 10.6 Å². The van der Waals surface area contributed by atoms with Crippen molar-refractivity contribution in [2.24, 2.45) is 11.7 Å². The smallest absolute Gasteiger partial charge is 0.220 e. The van der Waals surface area contributed by atoms with E-state index >= 15 is 0 Å². The van der Waals surface area contributed by atoms with Crippen molar-refractivity contribution in [2.45, 2.75) is 19.8 Å². The van der Waals surface area contributed by atoms with Crippen molar-refractivity contribution < 1.29 is 13.6 Å². The van der Waals surface area contributed by atoms with Crippen molar-refractivity contribution in [1.82, 2.24) is 4.98 Å². The lowest BCUT2D eigenvalue weighted by Gasteiger charge is -2.33. The van der Waals surface area contributed by atoms with Crippen LogP contribution in [-0.4, -0.2) is 24.0 Å². The molecule has 2 aromatic rings. The second kappa shape index (κ2) is 5.51. The van der Waals surface area contributed by atoms with Gasteiger partial charge in [-0.05, 0) is 38.0 Å². The van der Waals surface area contributed by atoms with Gasteiger partial charge in [0.15, 0.2) is 11.6 Å². The van der Waals surface area contributed by atoms with E-state index in [4.69, 9.17) is 5.73 Å². The van der Waals surface area contributed by atoms with Crippen molar-refractivity contribution in [3.63, 3.8) is 0 Å². The molecule has 4 nitrogen and oxygen atoms in total. The lowest BCUT2D eigenvalue weighted by molar-refractivity contribution is -0.122. The first-order valence-electron chi connectivity index (χ1n) is 7.27. The van der Waals surface area contributed by atoms with Crippen LogP contribution in [0.25, 0.3) is 10.9 Å². The molecule has 3 rings (SSSR count). The van der Waals surface area contributed by atoms with Crippen LogP contribution in [0.4, 0.5) is 14.5 Å². The van der Waals surface area contributed by atoms with Gasteiger partial charge in [0.25, 0.3) is 0 Å². The number of rotatable bonds is 2. The van der Waals surface area contributed by atoms with Gasteiger partial charge in [0.1, 0.15) is 5.52 Å². The van der Waals surface area contributed by atoms with Crippen molar-refractivity contribution in [2.75, 3.05) is 18.0 Å². The van der Waals surface area contributed by atoms with Crippen LogP contribution in [0.5, 0.6) is 0 Å². The largest absolute Gasteiger partial charge is 0.371 e. The number of benzene rings is 1. The summed E-state index contributed by atoms with van der Waals surface area (Å²) in [6, 6.07) is 4.54. The van der Waals surface area contributed by atoms with Crippen LogP contribution in [0.2, 0.25) is 0 Å². The zero-order chi connectivity index (χ0) is 15.9. The number of nitrogens with zero attached hydrogens (tertiary/aromatic N) is 2. The molecule has 1 fully saturated rings. The van der Waals surface area contributed by atoms with Gasteiger partial charge in [-0.15, -0.1) is 0 Å². The van der Waals surface area contributed by atoms with Gasteiger partial charge in [0.05, 0.1) is 0 Å². The van der Waals surface area contributed by atoms with E-state index in [2.05, 4.69) is 9.88 Å². The number of fused-ring (bicyclic) bond motifs is 1. The molecule has 1 amide bonds. The number of piperidine rings is 1. The first kappa shape index (κ1) is 14.7. The van der Waals surface area contributed by atoms with E-state index in [0.717, 1.165) is 11.8 Å². The number of pyridine rings is 1. The summed E-state index contributed by atoms with van der Waals surface area (Å²) in [7, 11) is 0. The predicted octanol–water partition coefficient (Wildman–Crippen LogP) is 2.52. The van der Waals surface area contributed by atoms with Crippen LogP contribution in [0.15, 0.2) is 18.2 Å². The van der Waals surface area contributed by atoms with E-state index in [-0.39, 0.29) is 17.3 Å². The van der Waals surface area contributed by atoms with E-state index in [0.29, 0.717) is 37.0 Å². The second-order valence-electron chi connectivity index (χ2n) is 5.70. The molecule has 22 heavy (non-hydrogen) atoms. The maximum Gasteiger partial charge on any atom is 0.220 e. The van der Waals surface area contributed by atoms with Crippen LogP contribution in [0.1, 0.15) is 18.5 Å². The molecule has 0 unspecified atom stereocenters. The average molecular weight is 305 g/mol. The highest BCUT2D eigenvalue weighted by Gasteiger charge is 2.25. The number of aromatic nitrogens is 1. The van der Waals surface area contributed by atoms with Gasteiger partial charge in [-0.25, -0.2) is 13.8 Å². The number of carbonyl (C=O) groups excluding carboxylic acids is 1. The number of aryl methyl sites for hydroxylation is 1. The summed E-state index contributed by atoms with van der Waals surface area (Å²) in [5.41, 5.74) is 6.84. The Morgan fingerprint density at radius 1 is 1.32 bits per heavy atom. The number of amides is 1. The molecule has 0 bridgehead atoms. The molecule has 0 atom stereocenters. The van der Waals surface area contributed by atoms with Gasteiger partial charge in [-0.3, -0.25) is 4.79 Å². The second-order valence-corrected chi connectivity index (χ2v) is 5.70. The monoisotopic (exact) mass is 305 g/mol. The SMILES string of the molecule is Cc1cc(N2CCC(C(N)=O)CC2)c2ccc(F)c(F)c2n1. The van der Waals surface area contributed by atoms with Crippen LogP contribution >= 0.6 is 0 Å². The average Bonchev–Trinajstić information content (AvgIpc) is 2.51. The molecule has 0 radical (unpaired) electrons. The van der Waals surface area contributed by atoms with Gasteiger partial charge in [0.2, 0.25) is 5.91 Å². The summed E-state index contributed by atoms with van der Waals surface area (Å²) >= 11 is 0. The molecular weight excluding hydrogens is 288 g/mol. The Bertz CT molecular complexity index is 740. The molecule has 0 saturated carbocycles. The van der Waals surface area contributed by atoms with E-state index in [1.165, 1.54) is 0 Å². The Kier molecular flexibility index (Phi) is 3.68. The predicted molar refractivity (Wildman–Crippen MR) is 80.5 cm³/mol. The first-order valence-corrected chi connectivity index (χ1v) is 7.27. The van der Waals surface area contributed by atoms with E-state index < -0.39 is 11.6 Å². The molecular formula is C16H17F2N3O. The molecule has 2 heterocycles. The standard InChI is InChI=1S/C16H17F2N3O/c1-9-8-13(21-6-4-10(5-7-21)16(19)22)11-2-3-12(17)14(18)15(11)20-9/h2-3,8,10H,4-7H2,1H3,(H2,19,22).